The summed E-state index contributed by atoms with van der Waals surface area (Å²) in [5, 5.41) is 3.21. The van der Waals surface area contributed by atoms with Gasteiger partial charge in [-0.3, -0.25) is 0 Å². The molecule has 0 aliphatic rings. The van der Waals surface area contributed by atoms with Gasteiger partial charge in [0.15, 0.2) is 0 Å². The molecule has 0 amide bonds. The molecule has 0 aliphatic carbocycles. The van der Waals surface area contributed by atoms with Crippen molar-refractivity contribution in [3.63, 3.8) is 0 Å². The smallest absolute Gasteiger partial charge is 0.0619 e. The second-order valence-corrected chi connectivity index (χ2v) is 2.43. The molecule has 0 fully saturated rings. The number of likely N-dealkylation sites (N-methyl/N-ethyl adjacent to an activating group) is 1. The molecule has 0 aliphatic heterocycles. The third kappa shape index (κ3) is 9.92. The molecule has 0 aromatic rings. The fourth-order valence-corrected chi connectivity index (χ4v) is 0.920. The molecule has 2 nitrogen and oxygen atoms in total. The third-order valence-electron chi connectivity index (χ3n) is 1.57. The summed E-state index contributed by atoms with van der Waals surface area (Å²) in [6, 6.07) is 0.546. The first-order valence-electron chi connectivity index (χ1n) is 5.10. The Balaban J connectivity index is 0. The predicted octanol–water partition coefficient (Wildman–Crippen LogP) is 2.44. The average molecular weight is 175 g/mol. The minimum Gasteiger partial charge on any atom is -0.380 e. The highest BCUT2D eigenvalue weighted by atomic mass is 16.5. The van der Waals surface area contributed by atoms with Crippen LogP contribution in [0.4, 0.5) is 0 Å². The number of nitrogens with one attached hydrogen (secondary N) is 1. The lowest BCUT2D eigenvalue weighted by Crippen LogP contribution is -2.30. The van der Waals surface area contributed by atoms with Gasteiger partial charge in [-0.15, -0.1) is 0 Å². The van der Waals surface area contributed by atoms with Gasteiger partial charge in [-0.25, -0.2) is 0 Å². The SMILES string of the molecule is CC.CCC[C@H](COCC)NC. The summed E-state index contributed by atoms with van der Waals surface area (Å²) >= 11 is 0. The largest absolute Gasteiger partial charge is 0.380 e. The molecule has 0 heterocycles. The molecule has 0 bridgehead atoms. The van der Waals surface area contributed by atoms with Crippen molar-refractivity contribution in [3.05, 3.63) is 0 Å². The van der Waals surface area contributed by atoms with E-state index in [1.165, 1.54) is 12.8 Å². The van der Waals surface area contributed by atoms with Crippen molar-refractivity contribution in [1.29, 1.82) is 0 Å². The maximum Gasteiger partial charge on any atom is 0.0619 e. The molecule has 2 heteroatoms. The Bertz CT molecular complexity index is 66.9. The Kier molecular flexibility index (Phi) is 16.3. The highest BCUT2D eigenvalue weighted by Gasteiger charge is 2.02. The van der Waals surface area contributed by atoms with E-state index in [2.05, 4.69) is 12.2 Å². The zero-order valence-electron chi connectivity index (χ0n) is 9.31. The van der Waals surface area contributed by atoms with Crippen LogP contribution in [-0.2, 0) is 4.74 Å². The minimum atomic E-state index is 0.546. The molecule has 1 N–H and O–H groups in total. The molecule has 1 atom stereocenters. The monoisotopic (exact) mass is 175 g/mol. The van der Waals surface area contributed by atoms with Crippen LogP contribution in [-0.4, -0.2) is 26.3 Å². The molecular formula is C10H25NO. The predicted molar refractivity (Wildman–Crippen MR) is 55.6 cm³/mol. The third-order valence-corrected chi connectivity index (χ3v) is 1.57. The number of hydrogen-bond acceptors (Lipinski definition) is 2. The summed E-state index contributed by atoms with van der Waals surface area (Å²) in [6.45, 7) is 9.89. The second-order valence-electron chi connectivity index (χ2n) is 2.43. The first-order valence-corrected chi connectivity index (χ1v) is 5.10. The Morgan fingerprint density at radius 1 is 1.25 bits per heavy atom. The van der Waals surface area contributed by atoms with Gasteiger partial charge in [0.2, 0.25) is 0 Å². The highest BCUT2D eigenvalue weighted by Crippen LogP contribution is 1.95. The fourth-order valence-electron chi connectivity index (χ4n) is 0.920. The van der Waals surface area contributed by atoms with Crippen LogP contribution < -0.4 is 5.32 Å². The fraction of sp³-hybridized carbons (Fsp3) is 1.00. The van der Waals surface area contributed by atoms with Crippen molar-refractivity contribution >= 4 is 0 Å². The van der Waals surface area contributed by atoms with Gasteiger partial charge in [0.25, 0.3) is 0 Å². The highest BCUT2D eigenvalue weighted by molar-refractivity contribution is 4.61. The maximum atomic E-state index is 5.28. The van der Waals surface area contributed by atoms with Crippen LogP contribution in [0, 0.1) is 0 Å². The topological polar surface area (TPSA) is 21.3 Å². The number of ether oxygens (including phenoxy) is 1. The van der Waals surface area contributed by atoms with Crippen LogP contribution in [0.25, 0.3) is 0 Å². The molecule has 0 aromatic carbocycles. The van der Waals surface area contributed by atoms with Crippen LogP contribution in [0.15, 0.2) is 0 Å². The van der Waals surface area contributed by atoms with Gasteiger partial charge in [-0.1, -0.05) is 27.2 Å². The van der Waals surface area contributed by atoms with E-state index in [9.17, 15) is 0 Å². The van der Waals surface area contributed by atoms with Gasteiger partial charge in [0, 0.05) is 12.6 Å². The lowest BCUT2D eigenvalue weighted by molar-refractivity contribution is 0.122. The second kappa shape index (κ2) is 13.5. The van der Waals surface area contributed by atoms with Crippen LogP contribution in [0.5, 0.6) is 0 Å². The lowest BCUT2D eigenvalue weighted by atomic mass is 10.2. The van der Waals surface area contributed by atoms with Crippen LogP contribution in [0.1, 0.15) is 40.5 Å². The van der Waals surface area contributed by atoms with E-state index in [0.29, 0.717) is 6.04 Å². The van der Waals surface area contributed by atoms with Crippen molar-refractivity contribution in [2.75, 3.05) is 20.3 Å². The molecule has 0 rings (SSSR count). The summed E-state index contributed by atoms with van der Waals surface area (Å²) < 4.78 is 5.28. The lowest BCUT2D eigenvalue weighted by Gasteiger charge is -2.13. The molecule has 76 valence electrons. The quantitative estimate of drug-likeness (QED) is 0.669. The maximum absolute atomic E-state index is 5.28. The van der Waals surface area contributed by atoms with Crippen molar-refractivity contribution in [2.24, 2.45) is 0 Å². The zero-order valence-corrected chi connectivity index (χ0v) is 9.31. The molecule has 12 heavy (non-hydrogen) atoms. The van der Waals surface area contributed by atoms with Gasteiger partial charge in [-0.05, 0) is 20.4 Å². The van der Waals surface area contributed by atoms with Crippen molar-refractivity contribution in [3.8, 4) is 0 Å². The Labute approximate surface area is 77.7 Å². The van der Waals surface area contributed by atoms with Gasteiger partial charge in [0.05, 0.1) is 6.61 Å². The molecule has 0 spiro atoms. The molecule has 0 radical (unpaired) electrons. The molecule has 0 aromatic heterocycles. The van der Waals surface area contributed by atoms with E-state index in [1.54, 1.807) is 0 Å². The van der Waals surface area contributed by atoms with Gasteiger partial charge < -0.3 is 10.1 Å². The minimum absolute atomic E-state index is 0.546. The Morgan fingerprint density at radius 2 is 1.83 bits per heavy atom. The summed E-state index contributed by atoms with van der Waals surface area (Å²) in [5.41, 5.74) is 0. The van der Waals surface area contributed by atoms with Crippen molar-refractivity contribution in [1.82, 2.24) is 5.32 Å². The van der Waals surface area contributed by atoms with Crippen LogP contribution in [0.2, 0.25) is 0 Å². The molecule has 0 saturated carbocycles. The summed E-state index contributed by atoms with van der Waals surface area (Å²) in [7, 11) is 1.99. The molecule has 0 unspecified atom stereocenters. The van der Waals surface area contributed by atoms with Gasteiger partial charge in [-0.2, -0.15) is 0 Å². The normalized spacial score (nSPS) is 11.8. The Morgan fingerprint density at radius 3 is 2.17 bits per heavy atom. The van der Waals surface area contributed by atoms with E-state index in [0.717, 1.165) is 13.2 Å². The first-order chi connectivity index (χ1) is 5.85. The Hall–Kier alpha value is -0.0800. The van der Waals surface area contributed by atoms with E-state index in [4.69, 9.17) is 4.74 Å². The average Bonchev–Trinajstić information content (AvgIpc) is 2.15. The zero-order chi connectivity index (χ0) is 9.82. The van der Waals surface area contributed by atoms with Crippen LogP contribution in [0.3, 0.4) is 0 Å². The van der Waals surface area contributed by atoms with Crippen molar-refractivity contribution < 1.29 is 4.74 Å². The molecular weight excluding hydrogens is 150 g/mol. The number of hydrogen-bond donors (Lipinski definition) is 1. The van der Waals surface area contributed by atoms with E-state index in [-0.39, 0.29) is 0 Å². The van der Waals surface area contributed by atoms with Gasteiger partial charge in [0.1, 0.15) is 0 Å². The first kappa shape index (κ1) is 14.4. The molecule has 0 saturated heterocycles. The number of rotatable bonds is 6. The summed E-state index contributed by atoms with van der Waals surface area (Å²) in [6.07, 6.45) is 2.43. The van der Waals surface area contributed by atoms with E-state index in [1.807, 2.05) is 27.8 Å². The van der Waals surface area contributed by atoms with Crippen LogP contribution >= 0.6 is 0 Å². The van der Waals surface area contributed by atoms with Gasteiger partial charge >= 0.3 is 0 Å². The summed E-state index contributed by atoms with van der Waals surface area (Å²) in [4.78, 5) is 0. The summed E-state index contributed by atoms with van der Waals surface area (Å²) in [5.74, 6) is 0. The standard InChI is InChI=1S/C8H19NO.C2H6/c1-4-6-8(9-3)7-10-5-2;1-2/h8-9H,4-7H2,1-3H3;1-2H3/t8-;/m1./s1. The van der Waals surface area contributed by atoms with Crippen molar-refractivity contribution in [2.45, 2.75) is 46.6 Å². The van der Waals surface area contributed by atoms with E-state index < -0.39 is 0 Å². The van der Waals surface area contributed by atoms with E-state index >= 15 is 0 Å².